The average Bonchev–Trinajstić information content (AvgIpc) is 3.06. The molecule has 1 saturated heterocycles. The van der Waals surface area contributed by atoms with Crippen LogP contribution in [-0.2, 0) is 9.59 Å². The molecule has 0 radical (unpaired) electrons. The summed E-state index contributed by atoms with van der Waals surface area (Å²) >= 11 is 0. The topological polar surface area (TPSA) is 69.6 Å². The summed E-state index contributed by atoms with van der Waals surface area (Å²) in [4.78, 5) is 24.9. The van der Waals surface area contributed by atoms with E-state index in [1.54, 1.807) is 4.90 Å². The number of carboxylic acids is 1. The second kappa shape index (κ2) is 5.26. The van der Waals surface area contributed by atoms with Crippen LogP contribution < -0.4 is 5.32 Å². The van der Waals surface area contributed by atoms with Gasteiger partial charge in [0.15, 0.2) is 0 Å². The maximum absolute atomic E-state index is 11.9. The van der Waals surface area contributed by atoms with Crippen molar-refractivity contribution in [1.29, 1.82) is 0 Å². The highest BCUT2D eigenvalue weighted by Gasteiger charge is 2.44. The summed E-state index contributed by atoms with van der Waals surface area (Å²) in [5.74, 6) is 0.0172. The number of rotatable bonds is 6. The first kappa shape index (κ1) is 13.3. The lowest BCUT2D eigenvalue weighted by Crippen LogP contribution is -2.40. The molecule has 2 fully saturated rings. The molecule has 1 atom stereocenters. The van der Waals surface area contributed by atoms with Crippen LogP contribution in [0.5, 0.6) is 0 Å². The second-order valence-corrected chi connectivity index (χ2v) is 5.58. The minimum Gasteiger partial charge on any atom is -0.481 e. The summed E-state index contributed by atoms with van der Waals surface area (Å²) in [5, 5.41) is 12.4. The third kappa shape index (κ3) is 2.83. The van der Waals surface area contributed by atoms with E-state index in [4.69, 9.17) is 0 Å². The summed E-state index contributed by atoms with van der Waals surface area (Å²) in [6, 6.07) is 0. The van der Waals surface area contributed by atoms with Crippen molar-refractivity contribution in [1.82, 2.24) is 10.2 Å². The van der Waals surface area contributed by atoms with Gasteiger partial charge in [0.1, 0.15) is 0 Å². The van der Waals surface area contributed by atoms with Gasteiger partial charge in [-0.25, -0.2) is 0 Å². The van der Waals surface area contributed by atoms with Crippen molar-refractivity contribution in [2.24, 2.45) is 11.3 Å². The molecule has 1 saturated carbocycles. The third-order valence-corrected chi connectivity index (χ3v) is 4.24. The van der Waals surface area contributed by atoms with Crippen LogP contribution in [0, 0.1) is 11.3 Å². The molecule has 1 aliphatic heterocycles. The van der Waals surface area contributed by atoms with Gasteiger partial charge in [0.05, 0.1) is 12.0 Å². The van der Waals surface area contributed by atoms with Crippen molar-refractivity contribution in [3.63, 3.8) is 0 Å². The smallest absolute Gasteiger partial charge is 0.311 e. The Morgan fingerprint density at radius 1 is 1.44 bits per heavy atom. The van der Waals surface area contributed by atoms with Crippen LogP contribution >= 0.6 is 0 Å². The molecular weight excluding hydrogens is 232 g/mol. The first-order chi connectivity index (χ1) is 8.57. The molecule has 1 aliphatic carbocycles. The third-order valence-electron chi connectivity index (χ3n) is 4.24. The Bertz CT molecular complexity index is 341. The van der Waals surface area contributed by atoms with Crippen LogP contribution in [0.25, 0.3) is 0 Å². The first-order valence-electron chi connectivity index (χ1n) is 6.79. The Hall–Kier alpha value is -1.10. The van der Waals surface area contributed by atoms with E-state index in [2.05, 4.69) is 5.32 Å². The number of carbonyl (C=O) groups excluding carboxylic acids is 1. The monoisotopic (exact) mass is 254 g/mol. The van der Waals surface area contributed by atoms with Gasteiger partial charge in [0, 0.05) is 13.1 Å². The van der Waals surface area contributed by atoms with Gasteiger partial charge in [-0.1, -0.05) is 6.92 Å². The van der Waals surface area contributed by atoms with Crippen LogP contribution in [0.2, 0.25) is 0 Å². The van der Waals surface area contributed by atoms with E-state index in [-0.39, 0.29) is 5.91 Å². The lowest BCUT2D eigenvalue weighted by Gasteiger charge is -2.23. The normalized spacial score (nSPS) is 27.5. The average molecular weight is 254 g/mol. The van der Waals surface area contributed by atoms with Crippen LogP contribution in [-0.4, -0.2) is 48.1 Å². The Labute approximate surface area is 108 Å². The molecule has 0 aromatic carbocycles. The van der Waals surface area contributed by atoms with Crippen molar-refractivity contribution >= 4 is 11.9 Å². The van der Waals surface area contributed by atoms with E-state index in [9.17, 15) is 14.7 Å². The van der Waals surface area contributed by atoms with Crippen LogP contribution in [0.1, 0.15) is 32.6 Å². The number of carbonyl (C=O) groups is 2. The molecular formula is C13H22N2O3. The minimum atomic E-state index is -0.772. The van der Waals surface area contributed by atoms with E-state index >= 15 is 0 Å². The summed E-state index contributed by atoms with van der Waals surface area (Å²) in [5.41, 5.74) is -0.716. The van der Waals surface area contributed by atoms with Crippen molar-refractivity contribution < 1.29 is 14.7 Å². The highest BCUT2D eigenvalue weighted by molar-refractivity contribution is 5.81. The molecule has 5 nitrogen and oxygen atoms in total. The molecule has 2 rings (SSSR count). The molecule has 18 heavy (non-hydrogen) atoms. The number of aliphatic carboxylic acids is 1. The van der Waals surface area contributed by atoms with Gasteiger partial charge in [0.25, 0.3) is 0 Å². The number of hydrogen-bond acceptors (Lipinski definition) is 3. The van der Waals surface area contributed by atoms with Crippen LogP contribution in [0.4, 0.5) is 0 Å². The molecule has 1 amide bonds. The van der Waals surface area contributed by atoms with Crippen LogP contribution in [0.15, 0.2) is 0 Å². The van der Waals surface area contributed by atoms with Crippen molar-refractivity contribution in [3.05, 3.63) is 0 Å². The van der Waals surface area contributed by atoms with E-state index in [0.29, 0.717) is 32.5 Å². The standard InChI is InChI=1S/C13H22N2O3/c1-2-13(12(17)18)5-6-15(9-13)11(16)8-14-7-10-3-4-10/h10,14H,2-9H2,1H3,(H,17,18). The van der Waals surface area contributed by atoms with Gasteiger partial charge in [0.2, 0.25) is 5.91 Å². The maximum Gasteiger partial charge on any atom is 0.311 e. The molecule has 2 aliphatic rings. The van der Waals surface area contributed by atoms with E-state index in [1.165, 1.54) is 12.8 Å². The first-order valence-corrected chi connectivity index (χ1v) is 6.79. The van der Waals surface area contributed by atoms with Gasteiger partial charge >= 0.3 is 5.97 Å². The largest absolute Gasteiger partial charge is 0.481 e. The molecule has 102 valence electrons. The SMILES string of the molecule is CCC1(C(=O)O)CCN(C(=O)CNCC2CC2)C1. The van der Waals surface area contributed by atoms with Crippen molar-refractivity contribution in [2.45, 2.75) is 32.6 Å². The minimum absolute atomic E-state index is 0.0345. The molecule has 0 spiro atoms. The lowest BCUT2D eigenvalue weighted by atomic mass is 9.84. The molecule has 0 bridgehead atoms. The number of carboxylic acid groups (broad SMARTS) is 1. The number of amides is 1. The van der Waals surface area contributed by atoms with Gasteiger partial charge < -0.3 is 15.3 Å². The van der Waals surface area contributed by atoms with Gasteiger partial charge in [-0.3, -0.25) is 9.59 Å². The van der Waals surface area contributed by atoms with Crippen LogP contribution in [0.3, 0.4) is 0 Å². The molecule has 0 aromatic rings. The van der Waals surface area contributed by atoms with E-state index < -0.39 is 11.4 Å². The predicted octanol–water partition coefficient (Wildman–Crippen LogP) is 0.699. The Balaban J connectivity index is 1.79. The van der Waals surface area contributed by atoms with Gasteiger partial charge in [-0.05, 0) is 38.1 Å². The van der Waals surface area contributed by atoms with Crippen molar-refractivity contribution in [2.75, 3.05) is 26.2 Å². The van der Waals surface area contributed by atoms with Gasteiger partial charge in [-0.2, -0.15) is 0 Å². The molecule has 2 N–H and O–H groups in total. The maximum atomic E-state index is 11.9. The zero-order chi connectivity index (χ0) is 13.2. The molecule has 1 heterocycles. The highest BCUT2D eigenvalue weighted by Crippen LogP contribution is 2.34. The van der Waals surface area contributed by atoms with E-state index in [1.807, 2.05) is 6.92 Å². The summed E-state index contributed by atoms with van der Waals surface area (Å²) in [6.45, 7) is 4.08. The summed E-state index contributed by atoms with van der Waals surface area (Å²) in [6.07, 6.45) is 3.69. The number of likely N-dealkylation sites (tertiary alicyclic amines) is 1. The van der Waals surface area contributed by atoms with Gasteiger partial charge in [-0.15, -0.1) is 0 Å². The second-order valence-electron chi connectivity index (χ2n) is 5.58. The molecule has 0 aromatic heterocycles. The molecule has 1 unspecified atom stereocenters. The number of hydrogen-bond donors (Lipinski definition) is 2. The fraction of sp³-hybridized carbons (Fsp3) is 0.846. The number of nitrogens with one attached hydrogen (secondary N) is 1. The Morgan fingerprint density at radius 2 is 2.17 bits per heavy atom. The molecule has 5 heteroatoms. The summed E-state index contributed by atoms with van der Waals surface area (Å²) < 4.78 is 0. The Kier molecular flexibility index (Phi) is 3.90. The number of nitrogens with zero attached hydrogens (tertiary/aromatic N) is 1. The fourth-order valence-corrected chi connectivity index (χ4v) is 2.52. The predicted molar refractivity (Wildman–Crippen MR) is 67.2 cm³/mol. The lowest BCUT2D eigenvalue weighted by molar-refractivity contribution is -0.148. The zero-order valence-corrected chi connectivity index (χ0v) is 10.9. The highest BCUT2D eigenvalue weighted by atomic mass is 16.4. The Morgan fingerprint density at radius 3 is 2.67 bits per heavy atom. The van der Waals surface area contributed by atoms with Crippen molar-refractivity contribution in [3.8, 4) is 0 Å². The fourth-order valence-electron chi connectivity index (χ4n) is 2.52. The quantitative estimate of drug-likeness (QED) is 0.732. The van der Waals surface area contributed by atoms with E-state index in [0.717, 1.165) is 12.5 Å². The zero-order valence-electron chi connectivity index (χ0n) is 10.9. The summed E-state index contributed by atoms with van der Waals surface area (Å²) in [7, 11) is 0.